The van der Waals surface area contributed by atoms with Crippen LogP contribution in [-0.2, 0) is 6.54 Å². The van der Waals surface area contributed by atoms with Crippen molar-refractivity contribution >= 4 is 11.3 Å². The maximum Gasteiger partial charge on any atom is 0.0963 e. The van der Waals surface area contributed by atoms with Gasteiger partial charge in [-0.2, -0.15) is 0 Å². The SMILES string of the molecule is NCc1ccc(-c2csc(C3CCCCC3)n2)cc1. The van der Waals surface area contributed by atoms with Crippen LogP contribution in [0.15, 0.2) is 29.6 Å². The highest BCUT2D eigenvalue weighted by molar-refractivity contribution is 7.10. The van der Waals surface area contributed by atoms with Crippen molar-refractivity contribution in [3.8, 4) is 11.3 Å². The van der Waals surface area contributed by atoms with Gasteiger partial charge in [0.25, 0.3) is 0 Å². The molecule has 1 aliphatic carbocycles. The fourth-order valence-electron chi connectivity index (χ4n) is 2.77. The predicted octanol–water partition coefficient (Wildman–Crippen LogP) is 4.32. The normalized spacial score (nSPS) is 16.7. The first-order valence-corrected chi connectivity index (χ1v) is 7.99. The van der Waals surface area contributed by atoms with Crippen LogP contribution in [0, 0.1) is 0 Å². The second-order valence-corrected chi connectivity index (χ2v) is 6.20. The molecule has 0 bridgehead atoms. The monoisotopic (exact) mass is 272 g/mol. The summed E-state index contributed by atoms with van der Waals surface area (Å²) in [5.74, 6) is 0.704. The number of aromatic nitrogens is 1. The highest BCUT2D eigenvalue weighted by atomic mass is 32.1. The minimum absolute atomic E-state index is 0.602. The first-order chi connectivity index (χ1) is 9.36. The topological polar surface area (TPSA) is 38.9 Å². The molecule has 2 nitrogen and oxygen atoms in total. The fourth-order valence-corrected chi connectivity index (χ4v) is 3.77. The van der Waals surface area contributed by atoms with Crippen molar-refractivity contribution in [3.63, 3.8) is 0 Å². The molecule has 0 radical (unpaired) electrons. The van der Waals surface area contributed by atoms with Gasteiger partial charge in [-0.05, 0) is 18.4 Å². The smallest absolute Gasteiger partial charge is 0.0963 e. The lowest BCUT2D eigenvalue weighted by atomic mass is 9.90. The maximum atomic E-state index is 5.63. The molecule has 1 fully saturated rings. The van der Waals surface area contributed by atoms with E-state index in [0.29, 0.717) is 12.5 Å². The van der Waals surface area contributed by atoms with Crippen molar-refractivity contribution in [3.05, 3.63) is 40.2 Å². The van der Waals surface area contributed by atoms with Crippen molar-refractivity contribution in [2.75, 3.05) is 0 Å². The molecule has 1 saturated carbocycles. The molecule has 2 aromatic rings. The summed E-state index contributed by atoms with van der Waals surface area (Å²) in [6, 6.07) is 8.44. The standard InChI is InChI=1S/C16H20N2S/c17-10-12-6-8-13(9-7-12)15-11-19-16(18-15)14-4-2-1-3-5-14/h6-9,11,14H,1-5,10,17H2. The van der Waals surface area contributed by atoms with Crippen LogP contribution in [0.5, 0.6) is 0 Å². The van der Waals surface area contributed by atoms with Gasteiger partial charge in [0.15, 0.2) is 0 Å². The number of hydrogen-bond donors (Lipinski definition) is 1. The van der Waals surface area contributed by atoms with Crippen LogP contribution < -0.4 is 5.73 Å². The van der Waals surface area contributed by atoms with Gasteiger partial charge in [0.05, 0.1) is 10.7 Å². The van der Waals surface area contributed by atoms with Crippen LogP contribution in [-0.4, -0.2) is 4.98 Å². The van der Waals surface area contributed by atoms with Crippen LogP contribution in [0.2, 0.25) is 0 Å². The van der Waals surface area contributed by atoms with Crippen molar-refractivity contribution in [1.29, 1.82) is 0 Å². The Morgan fingerprint density at radius 2 is 1.84 bits per heavy atom. The molecule has 2 N–H and O–H groups in total. The Balaban J connectivity index is 1.79. The molecule has 19 heavy (non-hydrogen) atoms. The summed E-state index contributed by atoms with van der Waals surface area (Å²) in [4.78, 5) is 4.85. The maximum absolute atomic E-state index is 5.63. The lowest BCUT2D eigenvalue weighted by Gasteiger charge is -2.18. The molecule has 3 heteroatoms. The summed E-state index contributed by atoms with van der Waals surface area (Å²) >= 11 is 1.83. The number of thiazole rings is 1. The highest BCUT2D eigenvalue weighted by Gasteiger charge is 2.18. The number of rotatable bonds is 3. The summed E-state index contributed by atoms with van der Waals surface area (Å²) in [5.41, 5.74) is 9.12. The van der Waals surface area contributed by atoms with Crippen LogP contribution in [0.25, 0.3) is 11.3 Å². The minimum atomic E-state index is 0.602. The van der Waals surface area contributed by atoms with E-state index in [1.807, 2.05) is 11.3 Å². The van der Waals surface area contributed by atoms with Crippen molar-refractivity contribution < 1.29 is 0 Å². The van der Waals surface area contributed by atoms with E-state index in [-0.39, 0.29) is 0 Å². The Morgan fingerprint density at radius 1 is 1.11 bits per heavy atom. The van der Waals surface area contributed by atoms with Gasteiger partial charge in [0.1, 0.15) is 0 Å². The van der Waals surface area contributed by atoms with Gasteiger partial charge >= 0.3 is 0 Å². The molecule has 0 spiro atoms. The van der Waals surface area contributed by atoms with E-state index in [9.17, 15) is 0 Å². The average Bonchev–Trinajstić information content (AvgIpc) is 2.98. The molecule has 1 aromatic carbocycles. The second-order valence-electron chi connectivity index (χ2n) is 5.31. The lowest BCUT2D eigenvalue weighted by molar-refractivity contribution is 0.442. The van der Waals surface area contributed by atoms with Crippen LogP contribution in [0.4, 0.5) is 0 Å². The van der Waals surface area contributed by atoms with Crippen molar-refractivity contribution in [1.82, 2.24) is 4.98 Å². The molecular weight excluding hydrogens is 252 g/mol. The van der Waals surface area contributed by atoms with Gasteiger partial charge in [0, 0.05) is 23.4 Å². The Bertz CT molecular complexity index is 524. The first kappa shape index (κ1) is 12.8. The summed E-state index contributed by atoms with van der Waals surface area (Å²) in [7, 11) is 0. The first-order valence-electron chi connectivity index (χ1n) is 7.11. The molecule has 0 aliphatic heterocycles. The predicted molar refractivity (Wildman–Crippen MR) is 81.3 cm³/mol. The molecule has 1 heterocycles. The second kappa shape index (κ2) is 5.85. The Morgan fingerprint density at radius 3 is 2.53 bits per heavy atom. The minimum Gasteiger partial charge on any atom is -0.326 e. The lowest BCUT2D eigenvalue weighted by Crippen LogP contribution is -2.03. The average molecular weight is 272 g/mol. The molecule has 0 saturated heterocycles. The third-order valence-corrected chi connectivity index (χ3v) is 4.97. The largest absolute Gasteiger partial charge is 0.326 e. The Hall–Kier alpha value is -1.19. The van der Waals surface area contributed by atoms with Crippen molar-refractivity contribution in [2.45, 2.75) is 44.6 Å². The zero-order valence-electron chi connectivity index (χ0n) is 11.1. The van der Waals surface area contributed by atoms with Crippen LogP contribution >= 0.6 is 11.3 Å². The van der Waals surface area contributed by atoms with E-state index in [4.69, 9.17) is 10.7 Å². The zero-order valence-corrected chi connectivity index (χ0v) is 12.0. The summed E-state index contributed by atoms with van der Waals surface area (Å²) in [5, 5.41) is 3.53. The molecule has 0 unspecified atom stereocenters. The molecule has 100 valence electrons. The fraction of sp³-hybridized carbons (Fsp3) is 0.438. The van der Waals surface area contributed by atoms with Crippen LogP contribution in [0.1, 0.15) is 48.6 Å². The van der Waals surface area contributed by atoms with E-state index in [0.717, 1.165) is 5.69 Å². The molecule has 0 atom stereocenters. The molecule has 3 rings (SSSR count). The van der Waals surface area contributed by atoms with Crippen molar-refractivity contribution in [2.24, 2.45) is 5.73 Å². The Kier molecular flexibility index (Phi) is 3.95. The van der Waals surface area contributed by atoms with E-state index in [1.54, 1.807) is 0 Å². The van der Waals surface area contributed by atoms with Gasteiger partial charge in [0.2, 0.25) is 0 Å². The summed E-state index contributed by atoms with van der Waals surface area (Å²) < 4.78 is 0. The van der Waals surface area contributed by atoms with Gasteiger partial charge in [-0.3, -0.25) is 0 Å². The molecule has 0 amide bonds. The molecule has 1 aliphatic rings. The van der Waals surface area contributed by atoms with Gasteiger partial charge < -0.3 is 5.73 Å². The van der Waals surface area contributed by atoms with E-state index in [2.05, 4.69) is 29.6 Å². The summed E-state index contributed by atoms with van der Waals surface area (Å²) in [6.45, 7) is 0.602. The van der Waals surface area contributed by atoms with Gasteiger partial charge in [-0.15, -0.1) is 11.3 Å². The molecular formula is C16H20N2S. The van der Waals surface area contributed by atoms with E-state index < -0.39 is 0 Å². The van der Waals surface area contributed by atoms with Gasteiger partial charge in [-0.25, -0.2) is 4.98 Å². The van der Waals surface area contributed by atoms with E-state index >= 15 is 0 Å². The third-order valence-electron chi connectivity index (χ3n) is 3.96. The van der Waals surface area contributed by atoms with E-state index in [1.165, 1.54) is 48.2 Å². The summed E-state index contributed by atoms with van der Waals surface area (Å²) in [6.07, 6.45) is 6.77. The quantitative estimate of drug-likeness (QED) is 0.904. The number of hydrogen-bond acceptors (Lipinski definition) is 3. The molecule has 1 aromatic heterocycles. The highest BCUT2D eigenvalue weighted by Crippen LogP contribution is 2.35. The number of nitrogens with two attached hydrogens (primary N) is 1. The van der Waals surface area contributed by atoms with Crippen LogP contribution in [0.3, 0.4) is 0 Å². The Labute approximate surface area is 118 Å². The third kappa shape index (κ3) is 2.88. The van der Waals surface area contributed by atoms with Gasteiger partial charge in [-0.1, -0.05) is 43.5 Å². The number of benzene rings is 1. The zero-order chi connectivity index (χ0) is 13.1. The number of nitrogens with zero attached hydrogens (tertiary/aromatic N) is 1.